The van der Waals surface area contributed by atoms with Gasteiger partial charge in [0.2, 0.25) is 0 Å². The molecular weight excluding hydrogens is 258 g/mol. The molecule has 1 N–H and O–H groups in total. The van der Waals surface area contributed by atoms with Crippen molar-refractivity contribution in [2.45, 2.75) is 65.5 Å². The zero-order valence-corrected chi connectivity index (χ0v) is 13.9. The van der Waals surface area contributed by atoms with Crippen LogP contribution in [-0.2, 0) is 6.54 Å². The Balaban J connectivity index is 2.00. The van der Waals surface area contributed by atoms with E-state index in [0.29, 0.717) is 0 Å². The van der Waals surface area contributed by atoms with Crippen molar-refractivity contribution in [3.8, 4) is 0 Å². The lowest BCUT2D eigenvalue weighted by Crippen LogP contribution is -2.34. The quantitative estimate of drug-likeness (QED) is 0.773. The molecule has 2 rings (SSSR count). The Morgan fingerprint density at radius 2 is 2.10 bits per heavy atom. The summed E-state index contributed by atoms with van der Waals surface area (Å²) in [6, 6.07) is 5.17. The van der Waals surface area contributed by atoms with Gasteiger partial charge >= 0.3 is 0 Å². The highest BCUT2D eigenvalue weighted by Crippen LogP contribution is 2.26. The lowest BCUT2D eigenvalue weighted by Gasteiger charge is -2.29. The van der Waals surface area contributed by atoms with Crippen LogP contribution in [0.5, 0.6) is 0 Å². The minimum atomic E-state index is 0.781. The maximum absolute atomic E-state index is 4.38. The van der Waals surface area contributed by atoms with Gasteiger partial charge in [0.05, 0.1) is 0 Å². The molecule has 118 valence electrons. The van der Waals surface area contributed by atoms with E-state index in [9.17, 15) is 0 Å². The second-order valence-corrected chi connectivity index (χ2v) is 6.67. The van der Waals surface area contributed by atoms with Crippen molar-refractivity contribution >= 4 is 5.82 Å². The van der Waals surface area contributed by atoms with E-state index in [1.54, 1.807) is 0 Å². The van der Waals surface area contributed by atoms with E-state index in [2.05, 4.69) is 48.1 Å². The van der Waals surface area contributed by atoms with Gasteiger partial charge in [-0.3, -0.25) is 4.90 Å². The molecule has 1 aliphatic rings. The van der Waals surface area contributed by atoms with Gasteiger partial charge < -0.3 is 5.32 Å². The Morgan fingerprint density at radius 1 is 1.33 bits per heavy atom. The summed E-state index contributed by atoms with van der Waals surface area (Å²) in [7, 11) is 0. The summed E-state index contributed by atoms with van der Waals surface area (Å²) in [6.07, 6.45) is 8.79. The number of anilines is 1. The van der Waals surface area contributed by atoms with Crippen molar-refractivity contribution in [1.29, 1.82) is 0 Å². The third-order valence-corrected chi connectivity index (χ3v) is 4.40. The van der Waals surface area contributed by atoms with E-state index < -0.39 is 0 Å². The van der Waals surface area contributed by atoms with E-state index in [1.807, 2.05) is 6.20 Å². The first-order chi connectivity index (χ1) is 10.2. The number of aromatic nitrogens is 1. The molecule has 0 unspecified atom stereocenters. The van der Waals surface area contributed by atoms with Gasteiger partial charge in [0.1, 0.15) is 5.82 Å². The lowest BCUT2D eigenvalue weighted by molar-refractivity contribution is 0.179. The average molecular weight is 289 g/mol. The van der Waals surface area contributed by atoms with Crippen molar-refractivity contribution in [1.82, 2.24) is 9.88 Å². The van der Waals surface area contributed by atoms with Crippen LogP contribution in [0.25, 0.3) is 0 Å². The molecule has 0 bridgehead atoms. The standard InChI is InChI=1S/C18H31N3/c1-4-19-18-13-16(9-11-20-18)14-21(12-10-15(2)3)17-7-5-6-8-17/h9,11,13,15,17H,4-8,10,12,14H2,1-3H3,(H,19,20). The number of hydrogen-bond donors (Lipinski definition) is 1. The maximum atomic E-state index is 4.38. The molecule has 0 radical (unpaired) electrons. The Hall–Kier alpha value is -1.09. The number of hydrogen-bond acceptors (Lipinski definition) is 3. The number of pyridine rings is 1. The minimum Gasteiger partial charge on any atom is -0.370 e. The lowest BCUT2D eigenvalue weighted by atomic mass is 10.1. The Kier molecular flexibility index (Phi) is 6.50. The highest BCUT2D eigenvalue weighted by molar-refractivity contribution is 5.37. The van der Waals surface area contributed by atoms with Crippen molar-refractivity contribution in [2.24, 2.45) is 5.92 Å². The van der Waals surface area contributed by atoms with Gasteiger partial charge in [-0.2, -0.15) is 0 Å². The molecule has 1 saturated carbocycles. The molecule has 3 nitrogen and oxygen atoms in total. The van der Waals surface area contributed by atoms with Crippen LogP contribution < -0.4 is 5.32 Å². The van der Waals surface area contributed by atoms with Gasteiger partial charge in [0, 0.05) is 25.3 Å². The van der Waals surface area contributed by atoms with Crippen molar-refractivity contribution in [3.63, 3.8) is 0 Å². The van der Waals surface area contributed by atoms with Gasteiger partial charge in [0.15, 0.2) is 0 Å². The van der Waals surface area contributed by atoms with E-state index in [0.717, 1.165) is 30.9 Å². The molecule has 0 amide bonds. The smallest absolute Gasteiger partial charge is 0.126 e. The molecule has 1 aromatic heterocycles. The van der Waals surface area contributed by atoms with Crippen LogP contribution in [0, 0.1) is 5.92 Å². The first kappa shape index (κ1) is 16.3. The average Bonchev–Trinajstić information content (AvgIpc) is 2.98. The molecule has 0 aliphatic heterocycles. The molecular formula is C18H31N3. The van der Waals surface area contributed by atoms with Crippen molar-refractivity contribution in [3.05, 3.63) is 23.9 Å². The highest BCUT2D eigenvalue weighted by atomic mass is 15.2. The molecule has 1 fully saturated rings. The van der Waals surface area contributed by atoms with Crippen LogP contribution in [0.15, 0.2) is 18.3 Å². The molecule has 0 aromatic carbocycles. The van der Waals surface area contributed by atoms with Crippen LogP contribution in [0.3, 0.4) is 0 Å². The molecule has 0 saturated heterocycles. The van der Waals surface area contributed by atoms with Crippen molar-refractivity contribution in [2.75, 3.05) is 18.4 Å². The van der Waals surface area contributed by atoms with Crippen LogP contribution in [0.4, 0.5) is 5.82 Å². The predicted octanol–water partition coefficient (Wildman–Crippen LogP) is 4.30. The second kappa shape index (κ2) is 8.38. The summed E-state index contributed by atoms with van der Waals surface area (Å²) >= 11 is 0. The summed E-state index contributed by atoms with van der Waals surface area (Å²) in [6.45, 7) is 9.97. The molecule has 0 atom stereocenters. The number of nitrogens with one attached hydrogen (secondary N) is 1. The minimum absolute atomic E-state index is 0.781. The Morgan fingerprint density at radius 3 is 2.76 bits per heavy atom. The van der Waals surface area contributed by atoms with Gasteiger partial charge in [0.25, 0.3) is 0 Å². The predicted molar refractivity (Wildman–Crippen MR) is 90.5 cm³/mol. The fraction of sp³-hybridized carbons (Fsp3) is 0.722. The largest absolute Gasteiger partial charge is 0.370 e. The first-order valence-electron chi connectivity index (χ1n) is 8.62. The van der Waals surface area contributed by atoms with E-state index in [1.165, 1.54) is 44.2 Å². The summed E-state index contributed by atoms with van der Waals surface area (Å²) in [5, 5.41) is 3.31. The second-order valence-electron chi connectivity index (χ2n) is 6.67. The zero-order valence-electron chi connectivity index (χ0n) is 13.9. The fourth-order valence-electron chi connectivity index (χ4n) is 3.17. The van der Waals surface area contributed by atoms with Crippen LogP contribution in [-0.4, -0.2) is 29.0 Å². The summed E-state index contributed by atoms with van der Waals surface area (Å²) in [4.78, 5) is 7.08. The molecule has 21 heavy (non-hydrogen) atoms. The Labute approximate surface area is 130 Å². The fourth-order valence-corrected chi connectivity index (χ4v) is 3.17. The third-order valence-electron chi connectivity index (χ3n) is 4.40. The topological polar surface area (TPSA) is 28.2 Å². The number of nitrogens with zero attached hydrogens (tertiary/aromatic N) is 2. The third kappa shape index (κ3) is 5.31. The van der Waals surface area contributed by atoms with Gasteiger partial charge in [-0.15, -0.1) is 0 Å². The SMILES string of the molecule is CCNc1cc(CN(CCC(C)C)C2CCCC2)ccn1. The van der Waals surface area contributed by atoms with Crippen molar-refractivity contribution < 1.29 is 0 Å². The van der Waals surface area contributed by atoms with Gasteiger partial charge in [-0.1, -0.05) is 26.7 Å². The van der Waals surface area contributed by atoms with E-state index in [4.69, 9.17) is 0 Å². The molecule has 3 heteroatoms. The van der Waals surface area contributed by atoms with Crippen LogP contribution in [0.1, 0.15) is 58.4 Å². The van der Waals surface area contributed by atoms with Crippen LogP contribution in [0.2, 0.25) is 0 Å². The monoisotopic (exact) mass is 289 g/mol. The first-order valence-corrected chi connectivity index (χ1v) is 8.62. The van der Waals surface area contributed by atoms with E-state index in [-0.39, 0.29) is 0 Å². The maximum Gasteiger partial charge on any atom is 0.126 e. The summed E-state index contributed by atoms with van der Waals surface area (Å²) < 4.78 is 0. The molecule has 1 heterocycles. The Bertz CT molecular complexity index is 411. The molecule has 0 spiro atoms. The van der Waals surface area contributed by atoms with Gasteiger partial charge in [-0.25, -0.2) is 4.98 Å². The van der Waals surface area contributed by atoms with Crippen LogP contribution >= 0.6 is 0 Å². The molecule has 1 aromatic rings. The van der Waals surface area contributed by atoms with Gasteiger partial charge in [-0.05, 0) is 56.3 Å². The zero-order chi connectivity index (χ0) is 15.1. The number of rotatable bonds is 8. The highest BCUT2D eigenvalue weighted by Gasteiger charge is 2.22. The normalized spacial score (nSPS) is 16.0. The summed E-state index contributed by atoms with van der Waals surface area (Å²) in [5.74, 6) is 1.79. The van der Waals surface area contributed by atoms with E-state index >= 15 is 0 Å². The molecule has 1 aliphatic carbocycles. The summed E-state index contributed by atoms with van der Waals surface area (Å²) in [5.41, 5.74) is 1.39.